The Morgan fingerprint density at radius 1 is 0.720 bits per heavy atom. The minimum atomic E-state index is -0.826. The second-order valence-electron chi connectivity index (χ2n) is 4.81. The molecule has 9 heteroatoms. The van der Waals surface area contributed by atoms with Crippen LogP contribution in [0.4, 0.5) is 0 Å². The number of phenols is 2. The van der Waals surface area contributed by atoms with Crippen molar-refractivity contribution >= 4 is 40.9 Å². The Bertz CT molecular complexity index is 556. The van der Waals surface area contributed by atoms with E-state index in [-0.39, 0.29) is 0 Å². The molecule has 0 fully saturated rings. The van der Waals surface area contributed by atoms with Gasteiger partial charge in [0.05, 0.1) is 9.79 Å². The van der Waals surface area contributed by atoms with Gasteiger partial charge in [0, 0.05) is 0 Å². The number of phenolic OH excluding ortho intramolecular Hbond substituents is 2. The van der Waals surface area contributed by atoms with E-state index in [0.717, 1.165) is 9.79 Å². The molecule has 0 aromatic heterocycles. The Morgan fingerprint density at radius 2 is 1.00 bits per heavy atom. The second-order valence-corrected chi connectivity index (χ2v) is 11.3. The summed E-state index contributed by atoms with van der Waals surface area (Å²) in [6.45, 7) is 0. The average molecular weight is 501 g/mol. The van der Waals surface area contributed by atoms with Gasteiger partial charge < -0.3 is 10.2 Å². The van der Waals surface area contributed by atoms with E-state index in [2.05, 4.69) is 0 Å². The summed E-state index contributed by atoms with van der Waals surface area (Å²) in [5.41, 5.74) is 0. The van der Waals surface area contributed by atoms with Gasteiger partial charge in [-0.2, -0.15) is 0 Å². The first kappa shape index (κ1) is 25.1. The Kier molecular flexibility index (Phi) is 15.3. The van der Waals surface area contributed by atoms with Crippen LogP contribution in [-0.2, 0) is 20.8 Å². The van der Waals surface area contributed by atoms with Gasteiger partial charge in [-0.15, -0.1) is 0 Å². The summed E-state index contributed by atoms with van der Waals surface area (Å²) in [4.78, 5) is 1.77. The Balaban J connectivity index is 0.000000399. The van der Waals surface area contributed by atoms with Gasteiger partial charge in [-0.1, -0.05) is 24.3 Å². The van der Waals surface area contributed by atoms with Crippen molar-refractivity contribution in [3.05, 3.63) is 48.5 Å². The fourth-order valence-electron chi connectivity index (χ4n) is 1.46. The van der Waals surface area contributed by atoms with Crippen molar-refractivity contribution in [2.45, 2.75) is 9.79 Å². The van der Waals surface area contributed by atoms with Crippen LogP contribution in [0.3, 0.4) is 0 Å². The molecular weight excluding hydrogens is 478 g/mol. The van der Waals surface area contributed by atoms with Crippen LogP contribution in [0.15, 0.2) is 58.3 Å². The third-order valence-electron chi connectivity index (χ3n) is 2.29. The Morgan fingerprint density at radius 3 is 1.24 bits per heavy atom. The predicted octanol–water partition coefficient (Wildman–Crippen LogP) is 5.30. The van der Waals surface area contributed by atoms with Crippen molar-refractivity contribution in [2.24, 2.45) is 0 Å². The van der Waals surface area contributed by atoms with Crippen LogP contribution in [0.1, 0.15) is 0 Å². The fraction of sp³-hybridized carbons (Fsp3) is 0.250. The molecule has 0 saturated heterocycles. The zero-order chi connectivity index (χ0) is 19.2. The number of rotatable bonds is 4. The Labute approximate surface area is 177 Å². The third-order valence-corrected chi connectivity index (χ3v) is 4.11. The number of halogens is 2. The van der Waals surface area contributed by atoms with Gasteiger partial charge in [-0.25, -0.2) is 0 Å². The second kappa shape index (κ2) is 15.2. The van der Waals surface area contributed by atoms with E-state index < -0.39 is 20.8 Å². The quantitative estimate of drug-likeness (QED) is 0.556. The first-order valence-corrected chi connectivity index (χ1v) is 14.9. The maximum absolute atomic E-state index is 9.31. The summed E-state index contributed by atoms with van der Waals surface area (Å²) in [6, 6.07) is 14.6. The molecule has 2 rings (SSSR count). The molecule has 0 saturated carbocycles. The van der Waals surface area contributed by atoms with Gasteiger partial charge in [0.2, 0.25) is 0 Å². The third kappa shape index (κ3) is 13.0. The van der Waals surface area contributed by atoms with Crippen LogP contribution in [0, 0.1) is 0 Å². The molecule has 0 unspecified atom stereocenters. The molecule has 0 aliphatic heterocycles. The van der Waals surface area contributed by atoms with E-state index in [1.54, 1.807) is 12.1 Å². The molecule has 0 bridgehead atoms. The molecule has 0 amide bonds. The minimum absolute atomic E-state index is 0.339. The van der Waals surface area contributed by atoms with Crippen molar-refractivity contribution in [3.8, 4) is 11.5 Å². The molecule has 0 spiro atoms. The molecule has 0 heterocycles. The average Bonchev–Trinajstić information content (AvgIpc) is 2.53. The van der Waals surface area contributed by atoms with Crippen LogP contribution >= 0.6 is 40.9 Å². The Hall–Kier alpha value is 0.123. The number of para-hydroxylation sites is 2. The summed E-state index contributed by atoms with van der Waals surface area (Å²) < 4.78 is 3.88. The molecule has 2 N–H and O–H groups in total. The van der Waals surface area contributed by atoms with Crippen LogP contribution in [0.25, 0.3) is 0 Å². The summed E-state index contributed by atoms with van der Waals surface area (Å²) in [5.74, 6) is 0.678. The van der Waals surface area contributed by atoms with Gasteiger partial charge >= 0.3 is 37.9 Å². The van der Waals surface area contributed by atoms with E-state index in [1.807, 2.05) is 73.2 Å². The molecule has 0 aliphatic rings. The fourth-order valence-corrected chi connectivity index (χ4v) is 2.85. The summed E-state index contributed by atoms with van der Waals surface area (Å²) in [5, 5.41) is 18.6. The normalized spacial score (nSPS) is 9.76. The predicted molar refractivity (Wildman–Crippen MR) is 107 cm³/mol. The number of benzene rings is 2. The van der Waals surface area contributed by atoms with E-state index in [1.165, 1.54) is 23.9 Å². The maximum atomic E-state index is 9.31. The van der Waals surface area contributed by atoms with Crippen LogP contribution in [0.2, 0.25) is 0 Å². The summed E-state index contributed by atoms with van der Waals surface area (Å²) in [7, 11) is 17.6. The topological polar surface area (TPSA) is 46.9 Å². The van der Waals surface area contributed by atoms with Gasteiger partial charge in [0.15, 0.2) is 0 Å². The van der Waals surface area contributed by atoms with Crippen molar-refractivity contribution in [1.82, 2.24) is 8.61 Å². The van der Waals surface area contributed by atoms with Crippen LogP contribution in [0.5, 0.6) is 11.5 Å². The van der Waals surface area contributed by atoms with Crippen molar-refractivity contribution in [2.75, 3.05) is 28.2 Å². The van der Waals surface area contributed by atoms with E-state index in [0.29, 0.717) is 11.5 Å². The monoisotopic (exact) mass is 498 g/mol. The molecule has 2 aromatic rings. The first-order chi connectivity index (χ1) is 11.8. The molecule has 0 atom stereocenters. The summed E-state index contributed by atoms with van der Waals surface area (Å²) in [6.07, 6.45) is 0. The van der Waals surface area contributed by atoms with Gasteiger partial charge in [0.25, 0.3) is 0 Å². The standard InChI is InChI=1S/2C8H11NOS.2ClH.Zr/c2*1-9(2)11-8-6-4-3-5-7(8)10;;;/h2*3-6,10H,1-2H3;2*1H;/q;;;;+2/p-2. The molecule has 0 radical (unpaired) electrons. The number of nitrogens with zero attached hydrogens (tertiary/aromatic N) is 2. The molecular formula is C16H22Cl2N2O2S2Zr. The molecule has 4 nitrogen and oxygen atoms in total. The van der Waals surface area contributed by atoms with E-state index in [4.69, 9.17) is 17.0 Å². The van der Waals surface area contributed by atoms with Gasteiger partial charge in [0.1, 0.15) is 11.5 Å². The van der Waals surface area contributed by atoms with Gasteiger partial charge in [-0.05, 0) is 76.4 Å². The van der Waals surface area contributed by atoms with Crippen molar-refractivity contribution < 1.29 is 31.1 Å². The molecule has 138 valence electrons. The molecule has 25 heavy (non-hydrogen) atoms. The van der Waals surface area contributed by atoms with E-state index >= 15 is 0 Å². The molecule has 2 aromatic carbocycles. The van der Waals surface area contributed by atoms with E-state index in [9.17, 15) is 10.2 Å². The van der Waals surface area contributed by atoms with Crippen LogP contribution in [-0.4, -0.2) is 47.0 Å². The number of hydrogen-bond acceptors (Lipinski definition) is 6. The van der Waals surface area contributed by atoms with Gasteiger partial charge in [-0.3, -0.25) is 8.61 Å². The molecule has 0 aliphatic carbocycles. The zero-order valence-electron chi connectivity index (χ0n) is 14.5. The summed E-state index contributed by atoms with van der Waals surface area (Å²) >= 11 is 2.19. The SMILES string of the molecule is CN(C)Sc1ccccc1O.CN(C)Sc1ccccc1O.[Cl][Zr][Cl]. The number of aromatic hydroxyl groups is 2. The number of hydrogen-bond donors (Lipinski definition) is 2. The van der Waals surface area contributed by atoms with Crippen LogP contribution < -0.4 is 0 Å². The zero-order valence-corrected chi connectivity index (χ0v) is 20.1. The first-order valence-electron chi connectivity index (χ1n) is 7.04. The van der Waals surface area contributed by atoms with Crippen molar-refractivity contribution in [1.29, 1.82) is 0 Å². The van der Waals surface area contributed by atoms with Crippen molar-refractivity contribution in [3.63, 3.8) is 0 Å².